The fourth-order valence-electron chi connectivity index (χ4n) is 4.25. The van der Waals surface area contributed by atoms with Crippen molar-refractivity contribution in [3.05, 3.63) is 52.4 Å². The first-order valence-corrected chi connectivity index (χ1v) is 10.8. The molecule has 0 spiro atoms. The summed E-state index contributed by atoms with van der Waals surface area (Å²) in [4.78, 5) is 15.8. The van der Waals surface area contributed by atoms with E-state index in [1.54, 1.807) is 6.07 Å². The van der Waals surface area contributed by atoms with Crippen LogP contribution in [-0.2, 0) is 6.42 Å². The summed E-state index contributed by atoms with van der Waals surface area (Å²) < 4.78 is 21.0. The Balaban J connectivity index is 1.47. The lowest BCUT2D eigenvalue weighted by atomic mass is 10.1. The number of amidine groups is 1. The van der Waals surface area contributed by atoms with Gasteiger partial charge in [-0.1, -0.05) is 17.7 Å². The zero-order valence-corrected chi connectivity index (χ0v) is 17.9. The van der Waals surface area contributed by atoms with Gasteiger partial charge in [-0.25, -0.2) is 4.39 Å². The van der Waals surface area contributed by atoms with Crippen molar-refractivity contribution >= 4 is 23.5 Å². The summed E-state index contributed by atoms with van der Waals surface area (Å²) in [6.07, 6.45) is 8.13. The molecule has 6 nitrogen and oxygen atoms in total. The van der Waals surface area contributed by atoms with E-state index in [0.29, 0.717) is 17.9 Å². The number of allylic oxidation sites excluding steroid dienone is 1. The molecule has 7 heteroatoms. The first-order valence-electron chi connectivity index (χ1n) is 10.8. The molecule has 3 heterocycles. The zero-order chi connectivity index (χ0) is 21.4. The van der Waals surface area contributed by atoms with Crippen LogP contribution in [0.15, 0.2) is 40.4 Å². The van der Waals surface area contributed by atoms with Crippen molar-refractivity contribution in [3.63, 3.8) is 0 Å². The molecule has 5 rings (SSSR count). The second kappa shape index (κ2) is 8.13. The summed E-state index contributed by atoms with van der Waals surface area (Å²) in [5, 5.41) is 3.25. The smallest absolute Gasteiger partial charge is 0.326 e. The SMILES string of the molecule is CC1=CC(Nc2cc(N3CCCCC3)nc(Oc3ccc4c(c3F)C=C(C)C4)n2)=NC1. The minimum Gasteiger partial charge on any atom is -0.421 e. The first-order chi connectivity index (χ1) is 15.0. The summed E-state index contributed by atoms with van der Waals surface area (Å²) >= 11 is 0. The lowest BCUT2D eigenvalue weighted by Gasteiger charge is -2.28. The maximum Gasteiger partial charge on any atom is 0.326 e. The normalized spacial score (nSPS) is 17.8. The van der Waals surface area contributed by atoms with Crippen LogP contribution in [-0.4, -0.2) is 35.4 Å². The van der Waals surface area contributed by atoms with Crippen molar-refractivity contribution in [2.45, 2.75) is 39.5 Å². The van der Waals surface area contributed by atoms with E-state index in [4.69, 9.17) is 4.74 Å². The summed E-state index contributed by atoms with van der Waals surface area (Å²) in [6, 6.07) is 5.61. The van der Waals surface area contributed by atoms with Crippen LogP contribution < -0.4 is 15.0 Å². The minimum atomic E-state index is -0.366. The van der Waals surface area contributed by atoms with Crippen LogP contribution in [0.1, 0.15) is 44.2 Å². The highest BCUT2D eigenvalue weighted by Gasteiger charge is 2.21. The average molecular weight is 420 g/mol. The predicted octanol–water partition coefficient (Wildman–Crippen LogP) is 5.13. The molecular formula is C24H26FN5O. The van der Waals surface area contributed by atoms with E-state index in [9.17, 15) is 0 Å². The highest BCUT2D eigenvalue weighted by molar-refractivity contribution is 6.05. The monoisotopic (exact) mass is 419 g/mol. The van der Waals surface area contributed by atoms with Gasteiger partial charge in [0.15, 0.2) is 11.6 Å². The summed E-state index contributed by atoms with van der Waals surface area (Å²) in [6.45, 7) is 6.60. The fraction of sp³-hybridized carbons (Fsp3) is 0.375. The van der Waals surface area contributed by atoms with Crippen LogP contribution in [0.25, 0.3) is 6.08 Å². The zero-order valence-electron chi connectivity index (χ0n) is 17.9. The number of benzene rings is 1. The third-order valence-corrected chi connectivity index (χ3v) is 5.81. The van der Waals surface area contributed by atoms with E-state index < -0.39 is 0 Å². The molecule has 1 saturated heterocycles. The molecule has 1 aliphatic carbocycles. The molecule has 1 fully saturated rings. The van der Waals surface area contributed by atoms with Gasteiger partial charge >= 0.3 is 6.01 Å². The maximum atomic E-state index is 15.1. The van der Waals surface area contributed by atoms with Crippen molar-refractivity contribution in [2.24, 2.45) is 4.99 Å². The topological polar surface area (TPSA) is 62.6 Å². The van der Waals surface area contributed by atoms with E-state index >= 15 is 4.39 Å². The van der Waals surface area contributed by atoms with Gasteiger partial charge in [0.05, 0.1) is 6.54 Å². The number of nitrogens with zero attached hydrogens (tertiary/aromatic N) is 4. The molecule has 0 radical (unpaired) electrons. The molecule has 0 unspecified atom stereocenters. The predicted molar refractivity (Wildman–Crippen MR) is 122 cm³/mol. The van der Waals surface area contributed by atoms with Gasteiger partial charge in [0.2, 0.25) is 0 Å². The third kappa shape index (κ3) is 4.17. The summed E-state index contributed by atoms with van der Waals surface area (Å²) in [5.41, 5.74) is 3.91. The van der Waals surface area contributed by atoms with Crippen molar-refractivity contribution in [1.82, 2.24) is 9.97 Å². The van der Waals surface area contributed by atoms with Crippen LogP contribution >= 0.6 is 0 Å². The lowest BCUT2D eigenvalue weighted by molar-refractivity contribution is 0.410. The first kappa shape index (κ1) is 19.7. The van der Waals surface area contributed by atoms with Gasteiger partial charge in [0.1, 0.15) is 17.5 Å². The molecule has 1 aromatic carbocycles. The largest absolute Gasteiger partial charge is 0.421 e. The second-order valence-electron chi connectivity index (χ2n) is 8.48. The molecule has 1 aromatic heterocycles. The number of ether oxygens (including phenoxy) is 1. The number of aromatic nitrogens is 2. The summed E-state index contributed by atoms with van der Waals surface area (Å²) in [7, 11) is 0. The number of aliphatic imine (C=N–C) groups is 1. The number of hydrogen-bond donors (Lipinski definition) is 1. The maximum absolute atomic E-state index is 15.1. The van der Waals surface area contributed by atoms with E-state index in [1.807, 2.05) is 38.1 Å². The van der Waals surface area contributed by atoms with Crippen molar-refractivity contribution in [3.8, 4) is 11.8 Å². The Morgan fingerprint density at radius 1 is 1.03 bits per heavy atom. The van der Waals surface area contributed by atoms with E-state index in [2.05, 4.69) is 25.2 Å². The van der Waals surface area contributed by atoms with Gasteiger partial charge < -0.3 is 15.0 Å². The Bertz CT molecular complexity index is 1120. The molecular weight excluding hydrogens is 393 g/mol. The van der Waals surface area contributed by atoms with Crippen molar-refractivity contribution < 1.29 is 9.13 Å². The number of piperidine rings is 1. The van der Waals surface area contributed by atoms with Crippen molar-refractivity contribution in [2.75, 3.05) is 29.9 Å². The van der Waals surface area contributed by atoms with Crippen LogP contribution in [0.2, 0.25) is 0 Å². The van der Waals surface area contributed by atoms with E-state index in [1.165, 1.54) is 12.0 Å². The number of halogens is 1. The quantitative estimate of drug-likeness (QED) is 0.745. The van der Waals surface area contributed by atoms with Gasteiger partial charge in [0.25, 0.3) is 0 Å². The molecule has 0 amide bonds. The molecule has 31 heavy (non-hydrogen) atoms. The Kier molecular flexibility index (Phi) is 5.18. The van der Waals surface area contributed by atoms with Crippen LogP contribution in [0.5, 0.6) is 11.8 Å². The highest BCUT2D eigenvalue weighted by atomic mass is 19.1. The van der Waals surface area contributed by atoms with Gasteiger partial charge in [-0.3, -0.25) is 4.99 Å². The van der Waals surface area contributed by atoms with Gasteiger partial charge in [-0.05, 0) is 62.8 Å². The van der Waals surface area contributed by atoms with E-state index in [0.717, 1.165) is 55.1 Å². The minimum absolute atomic E-state index is 0.127. The Morgan fingerprint density at radius 2 is 1.87 bits per heavy atom. The van der Waals surface area contributed by atoms with Gasteiger partial charge in [-0.15, -0.1) is 0 Å². The summed E-state index contributed by atoms with van der Waals surface area (Å²) in [5.74, 6) is 1.91. The average Bonchev–Trinajstić information content (AvgIpc) is 3.35. The molecule has 2 aromatic rings. The van der Waals surface area contributed by atoms with Gasteiger partial charge in [0, 0.05) is 24.7 Å². The van der Waals surface area contributed by atoms with Gasteiger partial charge in [-0.2, -0.15) is 9.97 Å². The number of hydrogen-bond acceptors (Lipinski definition) is 6. The number of fused-ring (bicyclic) bond motifs is 1. The molecule has 2 aliphatic heterocycles. The second-order valence-corrected chi connectivity index (χ2v) is 8.48. The molecule has 0 bridgehead atoms. The number of nitrogens with one attached hydrogen (secondary N) is 1. The number of anilines is 2. The lowest BCUT2D eigenvalue weighted by Crippen LogP contribution is -2.30. The van der Waals surface area contributed by atoms with Crippen LogP contribution in [0.4, 0.5) is 16.0 Å². The Hall–Kier alpha value is -3.22. The van der Waals surface area contributed by atoms with Crippen LogP contribution in [0.3, 0.4) is 0 Å². The Labute approximate surface area is 181 Å². The highest BCUT2D eigenvalue weighted by Crippen LogP contribution is 2.34. The van der Waals surface area contributed by atoms with Crippen molar-refractivity contribution in [1.29, 1.82) is 0 Å². The Morgan fingerprint density at radius 3 is 2.65 bits per heavy atom. The molecule has 1 N–H and O–H groups in total. The molecule has 3 aliphatic rings. The molecule has 0 atom stereocenters. The standard InChI is InChI=1S/C24H26FN5O/c1-15-10-17-6-7-19(23(25)18(17)11-15)31-24-28-21(27-20-12-16(2)14-26-20)13-22(29-24)30-8-4-3-5-9-30/h6-7,11-13H,3-5,8-10,14H2,1-2H3,(H,26,27,28,29). The number of rotatable bonds is 4. The third-order valence-electron chi connectivity index (χ3n) is 5.81. The molecule has 160 valence electrons. The fourth-order valence-corrected chi connectivity index (χ4v) is 4.25. The van der Waals surface area contributed by atoms with Crippen LogP contribution in [0, 0.1) is 5.82 Å². The molecule has 0 saturated carbocycles. The van der Waals surface area contributed by atoms with E-state index in [-0.39, 0.29) is 17.6 Å².